The molecule has 20 heavy (non-hydrogen) atoms. The Balaban J connectivity index is 2.39. The lowest BCUT2D eigenvalue weighted by atomic mass is 10.1. The molecule has 0 amide bonds. The van der Waals surface area contributed by atoms with E-state index in [-0.39, 0.29) is 17.3 Å². The van der Waals surface area contributed by atoms with Crippen LogP contribution in [0.2, 0.25) is 0 Å². The smallest absolute Gasteiger partial charge is 0.235 e. The van der Waals surface area contributed by atoms with E-state index in [9.17, 15) is 4.79 Å². The van der Waals surface area contributed by atoms with Gasteiger partial charge in [-0.25, -0.2) is 9.97 Å². The van der Waals surface area contributed by atoms with Crippen molar-refractivity contribution in [2.45, 2.75) is 13.3 Å². The van der Waals surface area contributed by atoms with Crippen LogP contribution in [0, 0.1) is 0 Å². The number of nitrogen functional groups attached to an aromatic ring is 1. The Labute approximate surface area is 116 Å². The highest BCUT2D eigenvalue weighted by Crippen LogP contribution is 2.33. The molecule has 0 radical (unpaired) electrons. The maximum atomic E-state index is 11.0. The maximum absolute atomic E-state index is 11.0. The number of hydrogen-bond acceptors (Lipinski definition) is 6. The molecule has 0 aliphatic rings. The largest absolute Gasteiger partial charge is 0.493 e. The molecule has 1 aromatic heterocycles. The minimum atomic E-state index is 0.0779. The molecule has 104 valence electrons. The minimum Gasteiger partial charge on any atom is -0.493 e. The lowest BCUT2D eigenvalue weighted by Crippen LogP contribution is -2.02. The summed E-state index contributed by atoms with van der Waals surface area (Å²) in [6.45, 7) is 2.05. The fourth-order valence-electron chi connectivity index (χ4n) is 1.70. The molecule has 0 spiro atoms. The zero-order chi connectivity index (χ0) is 14.5. The summed E-state index contributed by atoms with van der Waals surface area (Å²) in [4.78, 5) is 18.7. The number of methoxy groups -OCH3 is 1. The Hall–Kier alpha value is -2.63. The molecular formula is C14H15N3O3. The van der Waals surface area contributed by atoms with E-state index in [1.54, 1.807) is 13.2 Å². The molecular weight excluding hydrogens is 258 g/mol. The first-order valence-corrected chi connectivity index (χ1v) is 6.10. The zero-order valence-corrected chi connectivity index (χ0v) is 11.3. The van der Waals surface area contributed by atoms with Crippen LogP contribution in [0.1, 0.15) is 22.8 Å². The number of ether oxygens (including phenoxy) is 2. The Kier molecular flexibility index (Phi) is 4.14. The summed E-state index contributed by atoms with van der Waals surface area (Å²) in [7, 11) is 1.55. The van der Waals surface area contributed by atoms with Crippen LogP contribution < -0.4 is 15.2 Å². The summed E-state index contributed by atoms with van der Waals surface area (Å²) in [5.41, 5.74) is 6.85. The van der Waals surface area contributed by atoms with Crippen LogP contribution >= 0.6 is 0 Å². The molecule has 6 heteroatoms. The second-order valence-corrected chi connectivity index (χ2v) is 4.04. The Morgan fingerprint density at radius 2 is 2.10 bits per heavy atom. The van der Waals surface area contributed by atoms with Crippen molar-refractivity contribution in [3.8, 4) is 17.4 Å². The third-order valence-electron chi connectivity index (χ3n) is 2.84. The average molecular weight is 273 g/mol. The SMILES string of the molecule is CCc1ccc(Oc2ncnc(N)c2C=O)c(OC)c1. The first-order chi connectivity index (χ1) is 9.69. The number of carbonyl (C=O) groups is 1. The Bertz CT molecular complexity index is 629. The van der Waals surface area contributed by atoms with E-state index in [0.717, 1.165) is 12.0 Å². The van der Waals surface area contributed by atoms with Crippen molar-refractivity contribution in [2.75, 3.05) is 12.8 Å². The van der Waals surface area contributed by atoms with Crippen molar-refractivity contribution < 1.29 is 14.3 Å². The predicted molar refractivity (Wildman–Crippen MR) is 74.3 cm³/mol. The number of nitrogens with zero attached hydrogens (tertiary/aromatic N) is 2. The highest BCUT2D eigenvalue weighted by atomic mass is 16.5. The van der Waals surface area contributed by atoms with Gasteiger partial charge in [-0.05, 0) is 24.1 Å². The fraction of sp³-hybridized carbons (Fsp3) is 0.214. The van der Waals surface area contributed by atoms with Crippen molar-refractivity contribution in [3.63, 3.8) is 0 Å². The average Bonchev–Trinajstić information content (AvgIpc) is 2.48. The van der Waals surface area contributed by atoms with E-state index >= 15 is 0 Å². The molecule has 1 heterocycles. The van der Waals surface area contributed by atoms with Gasteiger partial charge in [-0.15, -0.1) is 0 Å². The van der Waals surface area contributed by atoms with Gasteiger partial charge in [0.05, 0.1) is 7.11 Å². The van der Waals surface area contributed by atoms with Crippen molar-refractivity contribution in [3.05, 3.63) is 35.7 Å². The van der Waals surface area contributed by atoms with Crippen molar-refractivity contribution in [1.82, 2.24) is 9.97 Å². The lowest BCUT2D eigenvalue weighted by Gasteiger charge is -2.12. The highest BCUT2D eigenvalue weighted by Gasteiger charge is 2.13. The standard InChI is InChI=1S/C14H15N3O3/c1-3-9-4-5-11(12(6-9)19-2)20-14-10(7-18)13(15)16-8-17-14/h4-8H,3H2,1-2H3,(H2,15,16,17). The first kappa shape index (κ1) is 13.8. The fourth-order valence-corrected chi connectivity index (χ4v) is 1.70. The molecule has 2 rings (SSSR count). The number of carbonyl (C=O) groups excluding carboxylic acids is 1. The van der Waals surface area contributed by atoms with Gasteiger partial charge in [0.2, 0.25) is 5.88 Å². The zero-order valence-electron chi connectivity index (χ0n) is 11.3. The van der Waals surface area contributed by atoms with Crippen LogP contribution in [0.3, 0.4) is 0 Å². The van der Waals surface area contributed by atoms with Crippen molar-refractivity contribution in [1.29, 1.82) is 0 Å². The van der Waals surface area contributed by atoms with Gasteiger partial charge in [0.15, 0.2) is 17.8 Å². The van der Waals surface area contributed by atoms with Crippen LogP contribution in [0.5, 0.6) is 17.4 Å². The van der Waals surface area contributed by atoms with E-state index in [1.807, 2.05) is 19.1 Å². The van der Waals surface area contributed by atoms with Crippen molar-refractivity contribution >= 4 is 12.1 Å². The van der Waals surface area contributed by atoms with E-state index in [1.165, 1.54) is 6.33 Å². The highest BCUT2D eigenvalue weighted by molar-refractivity contribution is 5.84. The molecule has 0 aliphatic heterocycles. The number of aromatic nitrogens is 2. The quantitative estimate of drug-likeness (QED) is 0.840. The summed E-state index contributed by atoms with van der Waals surface area (Å²) in [5, 5.41) is 0. The number of aryl methyl sites for hydroxylation is 1. The van der Waals surface area contributed by atoms with Crippen molar-refractivity contribution in [2.24, 2.45) is 0 Å². The molecule has 0 saturated carbocycles. The molecule has 1 aromatic carbocycles. The Morgan fingerprint density at radius 1 is 1.30 bits per heavy atom. The molecule has 0 fully saturated rings. The first-order valence-electron chi connectivity index (χ1n) is 6.10. The maximum Gasteiger partial charge on any atom is 0.235 e. The van der Waals surface area contributed by atoms with E-state index in [0.29, 0.717) is 17.8 Å². The second-order valence-electron chi connectivity index (χ2n) is 4.04. The van der Waals surface area contributed by atoms with E-state index < -0.39 is 0 Å². The molecule has 0 aliphatic carbocycles. The van der Waals surface area contributed by atoms with Crippen LogP contribution in [-0.4, -0.2) is 23.4 Å². The lowest BCUT2D eigenvalue weighted by molar-refractivity contribution is 0.112. The van der Waals surface area contributed by atoms with Gasteiger partial charge in [0, 0.05) is 0 Å². The Morgan fingerprint density at radius 3 is 2.75 bits per heavy atom. The predicted octanol–water partition coefficient (Wildman–Crippen LogP) is 2.23. The molecule has 0 unspecified atom stereocenters. The van der Waals surface area contributed by atoms with Gasteiger partial charge < -0.3 is 15.2 Å². The van der Waals surface area contributed by atoms with Crippen LogP contribution in [0.15, 0.2) is 24.5 Å². The van der Waals surface area contributed by atoms with Gasteiger partial charge in [-0.2, -0.15) is 0 Å². The van der Waals surface area contributed by atoms with Gasteiger partial charge in [0.25, 0.3) is 0 Å². The normalized spacial score (nSPS) is 10.1. The third kappa shape index (κ3) is 2.69. The van der Waals surface area contributed by atoms with E-state index in [4.69, 9.17) is 15.2 Å². The number of anilines is 1. The molecule has 0 atom stereocenters. The summed E-state index contributed by atoms with van der Waals surface area (Å²) in [6.07, 6.45) is 2.69. The van der Waals surface area contributed by atoms with Crippen LogP contribution in [0.4, 0.5) is 5.82 Å². The molecule has 6 nitrogen and oxygen atoms in total. The number of nitrogens with two attached hydrogens (primary N) is 1. The van der Waals surface area contributed by atoms with Gasteiger partial charge in [-0.1, -0.05) is 13.0 Å². The molecule has 2 aromatic rings. The summed E-state index contributed by atoms with van der Waals surface area (Å²) < 4.78 is 10.9. The topological polar surface area (TPSA) is 87.3 Å². The van der Waals surface area contributed by atoms with Crippen LogP contribution in [-0.2, 0) is 6.42 Å². The monoisotopic (exact) mass is 273 g/mol. The summed E-state index contributed by atoms with van der Waals surface area (Å²) in [6, 6.07) is 5.56. The van der Waals surface area contributed by atoms with Crippen LogP contribution in [0.25, 0.3) is 0 Å². The number of hydrogen-bond donors (Lipinski definition) is 1. The number of aldehydes is 1. The second kappa shape index (κ2) is 6.01. The van der Waals surface area contributed by atoms with Gasteiger partial charge in [0.1, 0.15) is 17.7 Å². The number of rotatable bonds is 5. The summed E-state index contributed by atoms with van der Waals surface area (Å²) >= 11 is 0. The molecule has 2 N–H and O–H groups in total. The number of benzene rings is 1. The van der Waals surface area contributed by atoms with Gasteiger partial charge >= 0.3 is 0 Å². The molecule has 0 bridgehead atoms. The summed E-state index contributed by atoms with van der Waals surface area (Å²) in [5.74, 6) is 1.22. The van der Waals surface area contributed by atoms with E-state index in [2.05, 4.69) is 9.97 Å². The minimum absolute atomic E-state index is 0.0779. The molecule has 0 saturated heterocycles. The third-order valence-corrected chi connectivity index (χ3v) is 2.84. The van der Waals surface area contributed by atoms with Gasteiger partial charge in [-0.3, -0.25) is 4.79 Å².